The fraction of sp³-hybridized carbons (Fsp3) is 0.600. The van der Waals surface area contributed by atoms with Crippen LogP contribution in [0.15, 0.2) is 23.3 Å². The maximum absolute atomic E-state index is 11.2. The molecule has 0 aliphatic carbocycles. The smallest absolute Gasteiger partial charge is 0.232 e. The van der Waals surface area contributed by atoms with E-state index in [2.05, 4.69) is 20.6 Å². The first-order valence-electron chi connectivity index (χ1n) is 7.77. The zero-order valence-corrected chi connectivity index (χ0v) is 15.8. The van der Waals surface area contributed by atoms with Crippen LogP contribution in [0.4, 0.5) is 0 Å². The third-order valence-electron chi connectivity index (χ3n) is 2.97. The normalized spacial score (nSPS) is 13.4. The Hall–Kier alpha value is -1.54. The SMILES string of the molecule is CCNC(=NCCOc1ncccc1Cl)NC(C)CCS(C)(=O)=O. The molecule has 0 saturated carbocycles. The van der Waals surface area contributed by atoms with Crippen molar-refractivity contribution in [3.8, 4) is 5.88 Å². The molecule has 0 aliphatic heterocycles. The molecular weight excluding hydrogens is 352 g/mol. The summed E-state index contributed by atoms with van der Waals surface area (Å²) >= 11 is 5.96. The van der Waals surface area contributed by atoms with Gasteiger partial charge in [0.05, 0.1) is 12.3 Å². The third kappa shape index (κ3) is 8.93. The van der Waals surface area contributed by atoms with Crippen LogP contribution in [0, 0.1) is 0 Å². The molecule has 0 bridgehead atoms. The summed E-state index contributed by atoms with van der Waals surface area (Å²) in [5.74, 6) is 1.14. The maximum Gasteiger partial charge on any atom is 0.232 e. The molecule has 0 aromatic carbocycles. The fourth-order valence-electron chi connectivity index (χ4n) is 1.79. The highest BCUT2D eigenvalue weighted by Crippen LogP contribution is 2.19. The highest BCUT2D eigenvalue weighted by molar-refractivity contribution is 7.90. The summed E-state index contributed by atoms with van der Waals surface area (Å²) in [4.78, 5) is 8.43. The van der Waals surface area contributed by atoms with Crippen LogP contribution in [-0.4, -0.2) is 57.1 Å². The average Bonchev–Trinajstić information content (AvgIpc) is 2.50. The molecule has 2 N–H and O–H groups in total. The van der Waals surface area contributed by atoms with Crippen molar-refractivity contribution in [2.75, 3.05) is 31.7 Å². The predicted octanol–water partition coefficient (Wildman–Crippen LogP) is 1.49. The van der Waals surface area contributed by atoms with Crippen LogP contribution in [0.3, 0.4) is 0 Å². The van der Waals surface area contributed by atoms with E-state index in [-0.39, 0.29) is 11.8 Å². The van der Waals surface area contributed by atoms with Crippen LogP contribution in [0.2, 0.25) is 5.02 Å². The van der Waals surface area contributed by atoms with E-state index < -0.39 is 9.84 Å². The van der Waals surface area contributed by atoms with E-state index in [9.17, 15) is 8.42 Å². The van der Waals surface area contributed by atoms with Gasteiger partial charge in [-0.15, -0.1) is 0 Å². The molecule has 1 unspecified atom stereocenters. The number of hydrogen-bond acceptors (Lipinski definition) is 5. The molecule has 1 heterocycles. The van der Waals surface area contributed by atoms with Crippen molar-refractivity contribution in [3.63, 3.8) is 0 Å². The molecule has 7 nitrogen and oxygen atoms in total. The minimum Gasteiger partial charge on any atom is -0.475 e. The van der Waals surface area contributed by atoms with Gasteiger partial charge in [-0.3, -0.25) is 0 Å². The summed E-state index contributed by atoms with van der Waals surface area (Å²) in [7, 11) is -2.96. The van der Waals surface area contributed by atoms with E-state index in [0.29, 0.717) is 43.0 Å². The van der Waals surface area contributed by atoms with Gasteiger partial charge < -0.3 is 15.4 Å². The molecule has 0 saturated heterocycles. The lowest BCUT2D eigenvalue weighted by atomic mass is 10.3. The summed E-state index contributed by atoms with van der Waals surface area (Å²) in [6, 6.07) is 3.43. The van der Waals surface area contributed by atoms with Gasteiger partial charge in [0, 0.05) is 25.0 Å². The second-order valence-corrected chi connectivity index (χ2v) is 8.03. The monoisotopic (exact) mass is 376 g/mol. The van der Waals surface area contributed by atoms with Gasteiger partial charge in [0.1, 0.15) is 21.5 Å². The van der Waals surface area contributed by atoms with Crippen molar-refractivity contribution in [2.24, 2.45) is 4.99 Å². The molecule has 1 aromatic heterocycles. The number of nitrogens with one attached hydrogen (secondary N) is 2. The van der Waals surface area contributed by atoms with E-state index in [1.807, 2.05) is 13.8 Å². The Labute approximate surface area is 148 Å². The van der Waals surface area contributed by atoms with Gasteiger partial charge >= 0.3 is 0 Å². The van der Waals surface area contributed by atoms with E-state index in [1.54, 1.807) is 18.3 Å². The molecule has 136 valence electrons. The summed E-state index contributed by atoms with van der Waals surface area (Å²) < 4.78 is 27.9. The fourth-order valence-corrected chi connectivity index (χ4v) is 2.75. The Kier molecular flexibility index (Phi) is 8.84. The molecule has 1 rings (SSSR count). The molecule has 1 aromatic rings. The standard InChI is InChI=1S/C15H25ClN4O3S/c1-4-17-15(20-12(2)7-11-24(3,21)22)19-9-10-23-14-13(16)6-5-8-18-14/h5-6,8,12H,4,7,9-11H2,1-3H3,(H2,17,19,20). The van der Waals surface area contributed by atoms with Gasteiger partial charge in [-0.05, 0) is 32.4 Å². The van der Waals surface area contributed by atoms with Gasteiger partial charge in [-0.1, -0.05) is 11.6 Å². The maximum atomic E-state index is 11.2. The van der Waals surface area contributed by atoms with Crippen molar-refractivity contribution in [2.45, 2.75) is 26.3 Å². The lowest BCUT2D eigenvalue weighted by Gasteiger charge is -2.17. The summed E-state index contributed by atoms with van der Waals surface area (Å²) in [6.45, 7) is 5.34. The van der Waals surface area contributed by atoms with Crippen LogP contribution in [-0.2, 0) is 9.84 Å². The first kappa shape index (κ1) is 20.5. The number of pyridine rings is 1. The summed E-state index contributed by atoms with van der Waals surface area (Å²) in [5.41, 5.74) is 0. The number of ether oxygens (including phenoxy) is 1. The van der Waals surface area contributed by atoms with Crippen LogP contribution in [0.25, 0.3) is 0 Å². The number of aliphatic imine (C=N–C) groups is 1. The number of aromatic nitrogens is 1. The average molecular weight is 377 g/mol. The first-order valence-corrected chi connectivity index (χ1v) is 10.2. The van der Waals surface area contributed by atoms with Crippen molar-refractivity contribution in [1.82, 2.24) is 15.6 Å². The second-order valence-electron chi connectivity index (χ2n) is 5.36. The van der Waals surface area contributed by atoms with Crippen molar-refractivity contribution >= 4 is 27.4 Å². The lowest BCUT2D eigenvalue weighted by molar-refractivity contribution is 0.316. The minimum atomic E-state index is -2.96. The van der Waals surface area contributed by atoms with Crippen LogP contribution < -0.4 is 15.4 Å². The van der Waals surface area contributed by atoms with Gasteiger partial charge in [-0.2, -0.15) is 0 Å². The van der Waals surface area contributed by atoms with Crippen molar-refractivity contribution < 1.29 is 13.2 Å². The third-order valence-corrected chi connectivity index (χ3v) is 4.24. The largest absolute Gasteiger partial charge is 0.475 e. The Morgan fingerprint density at radius 2 is 2.25 bits per heavy atom. The van der Waals surface area contributed by atoms with Crippen LogP contribution in [0.5, 0.6) is 5.88 Å². The van der Waals surface area contributed by atoms with Gasteiger partial charge in [0.25, 0.3) is 0 Å². The molecule has 0 spiro atoms. The van der Waals surface area contributed by atoms with Crippen LogP contribution in [0.1, 0.15) is 20.3 Å². The Bertz CT molecular complexity index is 637. The molecular formula is C15H25ClN4O3S. The van der Waals surface area contributed by atoms with E-state index >= 15 is 0 Å². The topological polar surface area (TPSA) is 92.7 Å². The summed E-state index contributed by atoms with van der Waals surface area (Å²) in [6.07, 6.45) is 3.36. The van der Waals surface area contributed by atoms with Crippen molar-refractivity contribution in [1.29, 1.82) is 0 Å². The van der Waals surface area contributed by atoms with E-state index in [1.165, 1.54) is 6.26 Å². The summed E-state index contributed by atoms with van der Waals surface area (Å²) in [5, 5.41) is 6.75. The molecule has 0 aliphatic rings. The Morgan fingerprint density at radius 1 is 1.50 bits per heavy atom. The van der Waals surface area contributed by atoms with Gasteiger partial charge in [0.15, 0.2) is 5.96 Å². The Morgan fingerprint density at radius 3 is 2.88 bits per heavy atom. The van der Waals surface area contributed by atoms with Crippen LogP contribution >= 0.6 is 11.6 Å². The van der Waals surface area contributed by atoms with E-state index in [4.69, 9.17) is 16.3 Å². The number of nitrogens with zero attached hydrogens (tertiary/aromatic N) is 2. The molecule has 0 radical (unpaired) electrons. The molecule has 1 atom stereocenters. The minimum absolute atomic E-state index is 0.0105. The molecule has 0 amide bonds. The molecule has 9 heteroatoms. The number of rotatable bonds is 9. The highest BCUT2D eigenvalue weighted by Gasteiger charge is 2.09. The number of guanidine groups is 1. The molecule has 0 fully saturated rings. The zero-order valence-electron chi connectivity index (χ0n) is 14.3. The number of hydrogen-bond donors (Lipinski definition) is 2. The number of sulfone groups is 1. The lowest BCUT2D eigenvalue weighted by Crippen LogP contribution is -2.43. The number of halogens is 1. The quantitative estimate of drug-likeness (QED) is 0.385. The van der Waals surface area contributed by atoms with E-state index in [0.717, 1.165) is 0 Å². The zero-order chi connectivity index (χ0) is 18.0. The Balaban J connectivity index is 2.45. The van der Waals surface area contributed by atoms with Gasteiger partial charge in [-0.25, -0.2) is 18.4 Å². The first-order chi connectivity index (χ1) is 11.3. The highest BCUT2D eigenvalue weighted by atomic mass is 35.5. The second kappa shape index (κ2) is 10.4. The van der Waals surface area contributed by atoms with Gasteiger partial charge in [0.2, 0.25) is 5.88 Å². The molecule has 24 heavy (non-hydrogen) atoms. The predicted molar refractivity (Wildman–Crippen MR) is 97.6 cm³/mol. The van der Waals surface area contributed by atoms with Crippen molar-refractivity contribution in [3.05, 3.63) is 23.4 Å².